The van der Waals surface area contributed by atoms with Crippen LogP contribution in [0.2, 0.25) is 0 Å². The molecule has 92 valence electrons. The van der Waals surface area contributed by atoms with Gasteiger partial charge in [-0.25, -0.2) is 0 Å². The van der Waals surface area contributed by atoms with Crippen LogP contribution in [0.1, 0.15) is 37.7 Å². The highest BCUT2D eigenvalue weighted by Crippen LogP contribution is 2.42. The Morgan fingerprint density at radius 3 is 2.65 bits per heavy atom. The molecule has 1 heterocycles. The second-order valence-corrected chi connectivity index (χ2v) is 5.59. The molecule has 1 saturated heterocycles. The van der Waals surface area contributed by atoms with Crippen molar-refractivity contribution in [2.45, 2.75) is 50.7 Å². The Morgan fingerprint density at radius 2 is 2.00 bits per heavy atom. The number of rotatable bonds is 2. The molecule has 1 aromatic rings. The predicted octanol–water partition coefficient (Wildman–Crippen LogP) is 3.51. The van der Waals surface area contributed by atoms with Gasteiger partial charge in [-0.1, -0.05) is 17.7 Å². The Bertz CT molecular complexity index is 380. The zero-order valence-electron chi connectivity index (χ0n) is 10.5. The molecule has 2 nitrogen and oxygen atoms in total. The van der Waals surface area contributed by atoms with Crippen LogP contribution in [0.25, 0.3) is 0 Å². The van der Waals surface area contributed by atoms with Gasteiger partial charge in [0.15, 0.2) is 0 Å². The molecule has 17 heavy (non-hydrogen) atoms. The lowest BCUT2D eigenvalue weighted by Gasteiger charge is -2.47. The van der Waals surface area contributed by atoms with Gasteiger partial charge in [0.1, 0.15) is 0 Å². The molecule has 3 rings (SSSR count). The van der Waals surface area contributed by atoms with Crippen molar-refractivity contribution in [3.8, 4) is 0 Å². The van der Waals surface area contributed by atoms with Gasteiger partial charge in [-0.05, 0) is 51.2 Å². The number of hydrogen-bond donors (Lipinski definition) is 1. The van der Waals surface area contributed by atoms with E-state index in [1.165, 1.54) is 36.9 Å². The number of hydrogen-bond acceptors (Lipinski definition) is 2. The molecule has 2 aliphatic rings. The molecule has 2 fully saturated rings. The lowest BCUT2D eigenvalue weighted by molar-refractivity contribution is -0.130. The van der Waals surface area contributed by atoms with Crippen molar-refractivity contribution in [3.63, 3.8) is 0 Å². The summed E-state index contributed by atoms with van der Waals surface area (Å²) in [6, 6.07) is 9.28. The molecule has 0 bridgehead atoms. The minimum absolute atomic E-state index is 0.237. The molecule has 0 aromatic heterocycles. The van der Waals surface area contributed by atoms with Crippen LogP contribution in [0.4, 0.5) is 5.69 Å². The lowest BCUT2D eigenvalue weighted by Crippen LogP contribution is -2.48. The largest absolute Gasteiger partial charge is 0.382 e. The Labute approximate surface area is 103 Å². The van der Waals surface area contributed by atoms with Crippen molar-refractivity contribution in [3.05, 3.63) is 29.8 Å². The molecular formula is C15H21NO. The maximum atomic E-state index is 5.95. The van der Waals surface area contributed by atoms with Gasteiger partial charge in [0, 0.05) is 18.3 Å². The summed E-state index contributed by atoms with van der Waals surface area (Å²) in [4.78, 5) is 0. The summed E-state index contributed by atoms with van der Waals surface area (Å²) in [5.41, 5.74) is 2.80. The van der Waals surface area contributed by atoms with Crippen LogP contribution in [0, 0.1) is 6.92 Å². The van der Waals surface area contributed by atoms with Gasteiger partial charge in [-0.2, -0.15) is 0 Å². The molecule has 1 atom stereocenters. The van der Waals surface area contributed by atoms with E-state index in [0.717, 1.165) is 13.0 Å². The van der Waals surface area contributed by atoms with Crippen molar-refractivity contribution >= 4 is 5.69 Å². The SMILES string of the molecule is Cc1ccc(NC2CCOC3(CCC3)C2)cc1. The van der Waals surface area contributed by atoms with Gasteiger partial charge in [0.2, 0.25) is 0 Å². The summed E-state index contributed by atoms with van der Waals surface area (Å²) in [6.45, 7) is 3.05. The van der Waals surface area contributed by atoms with Crippen molar-refractivity contribution in [2.75, 3.05) is 11.9 Å². The quantitative estimate of drug-likeness (QED) is 0.841. The van der Waals surface area contributed by atoms with Crippen LogP contribution in [-0.4, -0.2) is 18.2 Å². The lowest BCUT2D eigenvalue weighted by atomic mass is 9.74. The van der Waals surface area contributed by atoms with Gasteiger partial charge < -0.3 is 10.1 Å². The fourth-order valence-corrected chi connectivity index (χ4v) is 2.96. The summed E-state index contributed by atoms with van der Waals surface area (Å²) in [5.74, 6) is 0. The first kappa shape index (κ1) is 11.1. The van der Waals surface area contributed by atoms with Crippen molar-refractivity contribution in [1.29, 1.82) is 0 Å². The normalized spacial score (nSPS) is 26.5. The number of anilines is 1. The van der Waals surface area contributed by atoms with Gasteiger partial charge in [-0.15, -0.1) is 0 Å². The van der Waals surface area contributed by atoms with Gasteiger partial charge in [0.05, 0.1) is 5.60 Å². The van der Waals surface area contributed by atoms with E-state index in [0.29, 0.717) is 6.04 Å². The molecule has 2 heteroatoms. The smallest absolute Gasteiger partial charge is 0.0702 e. The molecular weight excluding hydrogens is 210 g/mol. The van der Waals surface area contributed by atoms with Crippen LogP contribution in [0.15, 0.2) is 24.3 Å². The van der Waals surface area contributed by atoms with Crippen LogP contribution >= 0.6 is 0 Å². The first-order chi connectivity index (χ1) is 8.26. The minimum atomic E-state index is 0.237. The van der Waals surface area contributed by atoms with Crippen molar-refractivity contribution in [2.24, 2.45) is 0 Å². The molecule has 1 aliphatic heterocycles. The molecule has 1 unspecified atom stereocenters. The highest BCUT2D eigenvalue weighted by molar-refractivity contribution is 5.45. The van der Waals surface area contributed by atoms with E-state index >= 15 is 0 Å². The van der Waals surface area contributed by atoms with E-state index in [-0.39, 0.29) is 5.60 Å². The molecule has 1 aromatic carbocycles. The summed E-state index contributed by atoms with van der Waals surface area (Å²) < 4.78 is 5.95. The Hall–Kier alpha value is -1.02. The van der Waals surface area contributed by atoms with E-state index in [1.807, 2.05) is 0 Å². The number of ether oxygens (including phenoxy) is 1. The summed E-state index contributed by atoms with van der Waals surface area (Å²) in [6.07, 6.45) is 6.19. The van der Waals surface area contributed by atoms with Gasteiger partial charge >= 0.3 is 0 Å². The molecule has 0 amide bonds. The zero-order chi connectivity index (χ0) is 11.7. The maximum absolute atomic E-state index is 5.95. The van der Waals surface area contributed by atoms with Crippen molar-refractivity contribution < 1.29 is 4.74 Å². The molecule has 1 N–H and O–H groups in total. The fourth-order valence-electron chi connectivity index (χ4n) is 2.96. The third-order valence-corrected chi connectivity index (χ3v) is 4.18. The van der Waals surface area contributed by atoms with E-state index in [9.17, 15) is 0 Å². The summed E-state index contributed by atoms with van der Waals surface area (Å²) in [5, 5.41) is 3.65. The first-order valence-electron chi connectivity index (χ1n) is 6.73. The second kappa shape index (κ2) is 4.34. The number of aryl methyl sites for hydroxylation is 1. The average molecular weight is 231 g/mol. The van der Waals surface area contributed by atoms with Crippen LogP contribution in [0.3, 0.4) is 0 Å². The number of nitrogens with one attached hydrogen (secondary N) is 1. The molecule has 1 spiro atoms. The highest BCUT2D eigenvalue weighted by Gasteiger charge is 2.42. The Morgan fingerprint density at radius 1 is 1.24 bits per heavy atom. The van der Waals surface area contributed by atoms with Crippen LogP contribution < -0.4 is 5.32 Å². The van der Waals surface area contributed by atoms with Gasteiger partial charge in [0.25, 0.3) is 0 Å². The number of benzene rings is 1. The maximum Gasteiger partial charge on any atom is 0.0702 e. The third kappa shape index (κ3) is 2.32. The molecule has 0 radical (unpaired) electrons. The van der Waals surface area contributed by atoms with E-state index in [4.69, 9.17) is 4.74 Å². The Kier molecular flexibility index (Phi) is 2.83. The predicted molar refractivity (Wildman–Crippen MR) is 70.4 cm³/mol. The highest BCUT2D eigenvalue weighted by atomic mass is 16.5. The summed E-state index contributed by atoms with van der Waals surface area (Å²) in [7, 11) is 0. The molecule has 1 saturated carbocycles. The van der Waals surface area contributed by atoms with Crippen LogP contribution in [0.5, 0.6) is 0 Å². The van der Waals surface area contributed by atoms with E-state index in [1.54, 1.807) is 0 Å². The van der Waals surface area contributed by atoms with E-state index < -0.39 is 0 Å². The molecule has 1 aliphatic carbocycles. The average Bonchev–Trinajstić information content (AvgIpc) is 2.31. The second-order valence-electron chi connectivity index (χ2n) is 5.59. The third-order valence-electron chi connectivity index (χ3n) is 4.18. The standard InChI is InChI=1S/C15H21NO/c1-12-3-5-13(6-4-12)16-14-7-10-17-15(11-14)8-2-9-15/h3-6,14,16H,2,7-11H2,1H3. The fraction of sp³-hybridized carbons (Fsp3) is 0.600. The van der Waals surface area contributed by atoms with Crippen molar-refractivity contribution in [1.82, 2.24) is 0 Å². The zero-order valence-corrected chi connectivity index (χ0v) is 10.5. The Balaban J connectivity index is 1.63. The summed E-state index contributed by atoms with van der Waals surface area (Å²) >= 11 is 0. The van der Waals surface area contributed by atoms with E-state index in [2.05, 4.69) is 36.5 Å². The monoisotopic (exact) mass is 231 g/mol. The van der Waals surface area contributed by atoms with Gasteiger partial charge in [-0.3, -0.25) is 0 Å². The topological polar surface area (TPSA) is 21.3 Å². The first-order valence-corrected chi connectivity index (χ1v) is 6.73. The van der Waals surface area contributed by atoms with Crippen LogP contribution in [-0.2, 0) is 4.74 Å². The minimum Gasteiger partial charge on any atom is -0.382 e.